The average Bonchev–Trinajstić information content (AvgIpc) is 2.22. The molecule has 0 bridgehead atoms. The van der Waals surface area contributed by atoms with Gasteiger partial charge in [0.2, 0.25) is 0 Å². The highest BCUT2D eigenvalue weighted by atomic mass is 35.5. The maximum Gasteiger partial charge on any atom is 0.115 e. The summed E-state index contributed by atoms with van der Waals surface area (Å²) in [4.78, 5) is 2.39. The molecule has 1 saturated heterocycles. The van der Waals surface area contributed by atoms with E-state index in [9.17, 15) is 5.11 Å². The number of halogens is 2. The minimum absolute atomic E-state index is 0. The van der Waals surface area contributed by atoms with Crippen LogP contribution in [0.1, 0.15) is 18.4 Å². The van der Waals surface area contributed by atoms with Gasteiger partial charge in [-0.3, -0.25) is 4.90 Å². The molecule has 0 spiro atoms. The number of phenols is 1. The number of hydrogen-bond donors (Lipinski definition) is 2. The van der Waals surface area contributed by atoms with Crippen molar-refractivity contribution >= 4 is 24.8 Å². The van der Waals surface area contributed by atoms with Crippen LogP contribution in [0.4, 0.5) is 0 Å². The lowest BCUT2D eigenvalue weighted by Crippen LogP contribution is -2.39. The molecule has 0 aliphatic carbocycles. The van der Waals surface area contributed by atoms with Gasteiger partial charge in [-0.1, -0.05) is 12.1 Å². The quantitative estimate of drug-likeness (QED) is 0.872. The maximum atomic E-state index is 9.35. The van der Waals surface area contributed by atoms with E-state index >= 15 is 0 Å². The van der Waals surface area contributed by atoms with Gasteiger partial charge in [-0.2, -0.15) is 0 Å². The molecule has 17 heavy (non-hydrogen) atoms. The Labute approximate surface area is 115 Å². The van der Waals surface area contributed by atoms with E-state index in [-0.39, 0.29) is 24.8 Å². The topological polar surface area (TPSA) is 49.5 Å². The fourth-order valence-corrected chi connectivity index (χ4v) is 2.02. The Hall–Kier alpha value is -0.480. The summed E-state index contributed by atoms with van der Waals surface area (Å²) < 4.78 is 0. The van der Waals surface area contributed by atoms with Crippen LogP contribution in [-0.4, -0.2) is 29.1 Å². The zero-order chi connectivity index (χ0) is 10.7. The number of nitrogens with zero attached hydrogens (tertiary/aromatic N) is 1. The molecular formula is C12H20Cl2N2O. The lowest BCUT2D eigenvalue weighted by atomic mass is 10.1. The van der Waals surface area contributed by atoms with Crippen molar-refractivity contribution in [3.8, 4) is 5.75 Å². The second-order valence-electron chi connectivity index (χ2n) is 4.28. The van der Waals surface area contributed by atoms with Gasteiger partial charge in [0, 0.05) is 12.6 Å². The van der Waals surface area contributed by atoms with Crippen molar-refractivity contribution in [2.24, 2.45) is 5.73 Å². The van der Waals surface area contributed by atoms with Crippen LogP contribution >= 0.6 is 24.8 Å². The van der Waals surface area contributed by atoms with E-state index in [4.69, 9.17) is 5.73 Å². The van der Waals surface area contributed by atoms with Crippen LogP contribution in [-0.2, 0) is 6.54 Å². The average molecular weight is 279 g/mol. The number of phenolic OH excluding ortho intramolecular Hbond substituents is 1. The highest BCUT2D eigenvalue weighted by molar-refractivity contribution is 5.85. The molecule has 0 unspecified atom stereocenters. The second kappa shape index (κ2) is 7.77. The van der Waals surface area contributed by atoms with Gasteiger partial charge in [-0.05, 0) is 43.6 Å². The van der Waals surface area contributed by atoms with Crippen molar-refractivity contribution in [1.29, 1.82) is 0 Å². The predicted octanol–water partition coefficient (Wildman–Crippen LogP) is 2.16. The summed E-state index contributed by atoms with van der Waals surface area (Å²) in [6.45, 7) is 3.05. The predicted molar refractivity (Wildman–Crippen MR) is 75.1 cm³/mol. The summed E-state index contributed by atoms with van der Waals surface area (Å²) >= 11 is 0. The van der Waals surface area contributed by atoms with Crippen LogP contribution in [0.3, 0.4) is 0 Å². The molecule has 1 fully saturated rings. The van der Waals surface area contributed by atoms with Gasteiger partial charge in [0.25, 0.3) is 0 Å². The molecule has 3 nitrogen and oxygen atoms in total. The summed E-state index contributed by atoms with van der Waals surface area (Å²) in [6.07, 6.45) is 2.16. The molecule has 0 atom stereocenters. The SMILES string of the molecule is Cl.Cl.NC1CCN(Cc2cccc(O)c2)CC1. The summed E-state index contributed by atoms with van der Waals surface area (Å²) in [5.41, 5.74) is 7.02. The molecule has 0 saturated carbocycles. The van der Waals surface area contributed by atoms with Gasteiger partial charge in [0.1, 0.15) is 5.75 Å². The highest BCUT2D eigenvalue weighted by Gasteiger charge is 2.15. The van der Waals surface area contributed by atoms with Crippen molar-refractivity contribution in [2.45, 2.75) is 25.4 Å². The molecule has 0 aromatic heterocycles. The Bertz CT molecular complexity index is 328. The van der Waals surface area contributed by atoms with Gasteiger partial charge in [0.05, 0.1) is 0 Å². The Morgan fingerprint density at radius 3 is 2.47 bits per heavy atom. The van der Waals surface area contributed by atoms with E-state index in [1.165, 1.54) is 5.56 Å². The number of likely N-dealkylation sites (tertiary alicyclic amines) is 1. The molecule has 1 aliphatic heterocycles. The van der Waals surface area contributed by atoms with Gasteiger partial charge in [-0.25, -0.2) is 0 Å². The van der Waals surface area contributed by atoms with Crippen molar-refractivity contribution in [2.75, 3.05) is 13.1 Å². The Kier molecular flexibility index (Phi) is 7.55. The highest BCUT2D eigenvalue weighted by Crippen LogP contribution is 2.15. The van der Waals surface area contributed by atoms with Crippen LogP contribution in [0, 0.1) is 0 Å². The zero-order valence-corrected chi connectivity index (χ0v) is 11.3. The fraction of sp³-hybridized carbons (Fsp3) is 0.500. The van der Waals surface area contributed by atoms with Crippen molar-refractivity contribution in [3.63, 3.8) is 0 Å². The van der Waals surface area contributed by atoms with Crippen LogP contribution in [0.5, 0.6) is 5.75 Å². The van der Waals surface area contributed by atoms with Gasteiger partial charge in [0.15, 0.2) is 0 Å². The number of rotatable bonds is 2. The molecule has 98 valence electrons. The monoisotopic (exact) mass is 278 g/mol. The molecule has 1 aliphatic rings. The van der Waals surface area contributed by atoms with Crippen molar-refractivity contribution < 1.29 is 5.11 Å². The molecule has 1 aromatic rings. The van der Waals surface area contributed by atoms with E-state index < -0.39 is 0 Å². The normalized spacial score (nSPS) is 17.0. The molecule has 1 heterocycles. The van der Waals surface area contributed by atoms with Crippen LogP contribution < -0.4 is 5.73 Å². The van der Waals surface area contributed by atoms with Crippen LogP contribution in [0.25, 0.3) is 0 Å². The summed E-state index contributed by atoms with van der Waals surface area (Å²) in [7, 11) is 0. The first-order chi connectivity index (χ1) is 7.24. The standard InChI is InChI=1S/C12H18N2O.2ClH/c13-11-4-6-14(7-5-11)9-10-2-1-3-12(15)8-10;;/h1-3,8,11,15H,4-7,9,13H2;2*1H. The summed E-state index contributed by atoms with van der Waals surface area (Å²) in [5.74, 6) is 0.348. The van der Waals surface area contributed by atoms with E-state index in [0.717, 1.165) is 32.5 Å². The molecular weight excluding hydrogens is 259 g/mol. The lowest BCUT2D eigenvalue weighted by Gasteiger charge is -2.30. The molecule has 3 N–H and O–H groups in total. The molecule has 5 heteroatoms. The fourth-order valence-electron chi connectivity index (χ4n) is 2.02. The molecule has 0 amide bonds. The number of nitrogens with two attached hydrogens (primary N) is 1. The summed E-state index contributed by atoms with van der Waals surface area (Å²) in [6, 6.07) is 7.85. The maximum absolute atomic E-state index is 9.35. The lowest BCUT2D eigenvalue weighted by molar-refractivity contribution is 0.205. The third kappa shape index (κ3) is 5.13. The minimum Gasteiger partial charge on any atom is -0.508 e. The number of hydrogen-bond acceptors (Lipinski definition) is 3. The first kappa shape index (κ1) is 16.5. The van der Waals surface area contributed by atoms with Gasteiger partial charge >= 0.3 is 0 Å². The number of piperidine rings is 1. The zero-order valence-electron chi connectivity index (χ0n) is 9.71. The van der Waals surface area contributed by atoms with Gasteiger partial charge < -0.3 is 10.8 Å². The number of benzene rings is 1. The molecule has 0 radical (unpaired) electrons. The third-order valence-corrected chi connectivity index (χ3v) is 2.95. The summed E-state index contributed by atoms with van der Waals surface area (Å²) in [5, 5.41) is 9.35. The van der Waals surface area contributed by atoms with Crippen LogP contribution in [0.15, 0.2) is 24.3 Å². The largest absolute Gasteiger partial charge is 0.508 e. The van der Waals surface area contributed by atoms with Gasteiger partial charge in [-0.15, -0.1) is 24.8 Å². The number of aromatic hydroxyl groups is 1. The first-order valence-electron chi connectivity index (χ1n) is 5.50. The Balaban J connectivity index is 0.00000128. The van der Waals surface area contributed by atoms with E-state index in [0.29, 0.717) is 11.8 Å². The Morgan fingerprint density at radius 2 is 1.88 bits per heavy atom. The minimum atomic E-state index is 0. The van der Waals surface area contributed by atoms with E-state index in [1.54, 1.807) is 6.07 Å². The first-order valence-corrected chi connectivity index (χ1v) is 5.50. The van der Waals surface area contributed by atoms with E-state index in [2.05, 4.69) is 4.90 Å². The van der Waals surface area contributed by atoms with E-state index in [1.807, 2.05) is 18.2 Å². The third-order valence-electron chi connectivity index (χ3n) is 2.95. The van der Waals surface area contributed by atoms with Crippen LogP contribution in [0.2, 0.25) is 0 Å². The second-order valence-corrected chi connectivity index (χ2v) is 4.28. The molecule has 2 rings (SSSR count). The Morgan fingerprint density at radius 1 is 1.24 bits per heavy atom. The van der Waals surface area contributed by atoms with Crippen molar-refractivity contribution in [3.05, 3.63) is 29.8 Å². The molecule has 1 aromatic carbocycles. The van der Waals surface area contributed by atoms with Crippen molar-refractivity contribution in [1.82, 2.24) is 4.90 Å². The smallest absolute Gasteiger partial charge is 0.115 e.